The van der Waals surface area contributed by atoms with Gasteiger partial charge >= 0.3 is 11.7 Å². The summed E-state index contributed by atoms with van der Waals surface area (Å²) in [6, 6.07) is 9.30. The average Bonchev–Trinajstić information content (AvgIpc) is 3.13. The minimum Gasteiger partial charge on any atom is -0.330 e. The number of hydrogen-bond donors (Lipinski definition) is 1. The third-order valence-corrected chi connectivity index (χ3v) is 4.88. The molecule has 0 saturated heterocycles. The molecule has 11 nitrogen and oxygen atoms in total. The number of nitrogens with one attached hydrogen (secondary N) is 1. The van der Waals surface area contributed by atoms with Crippen molar-refractivity contribution >= 4 is 40.7 Å². The molecule has 3 amide bonds. The number of hydrogen-bond acceptors (Lipinski definition) is 7. The summed E-state index contributed by atoms with van der Waals surface area (Å²) >= 11 is 0. The normalized spacial score (nSPS) is 12.9. The molecule has 0 fully saturated rings. The Balaban J connectivity index is 1.35. The molecule has 1 aromatic carbocycles. The van der Waals surface area contributed by atoms with Crippen LogP contribution in [0.15, 0.2) is 41.2 Å². The van der Waals surface area contributed by atoms with Gasteiger partial charge in [-0.3, -0.25) is 23.5 Å². The van der Waals surface area contributed by atoms with Crippen LogP contribution >= 0.6 is 0 Å². The highest BCUT2D eigenvalue weighted by Gasteiger charge is 2.38. The van der Waals surface area contributed by atoms with Crippen LogP contribution in [-0.2, 0) is 28.5 Å². The lowest BCUT2D eigenvalue weighted by Gasteiger charge is -2.12. The fraction of sp³-hybridized carbons (Fsp3) is 0.200. The number of carbonyl (C=O) groups is 4. The van der Waals surface area contributed by atoms with Crippen LogP contribution in [0.4, 0.5) is 5.82 Å². The van der Waals surface area contributed by atoms with Crippen molar-refractivity contribution in [3.8, 4) is 0 Å². The van der Waals surface area contributed by atoms with Crippen molar-refractivity contribution < 1.29 is 24.0 Å². The van der Waals surface area contributed by atoms with Gasteiger partial charge in [0, 0.05) is 20.5 Å². The van der Waals surface area contributed by atoms with Gasteiger partial charge in [0.2, 0.25) is 5.91 Å². The molecule has 0 spiro atoms. The Labute approximate surface area is 174 Å². The molecule has 11 heteroatoms. The van der Waals surface area contributed by atoms with Crippen LogP contribution < -0.4 is 11.0 Å². The van der Waals surface area contributed by atoms with Crippen molar-refractivity contribution in [1.82, 2.24) is 19.2 Å². The Hall–Kier alpha value is -4.28. The zero-order chi connectivity index (χ0) is 22.3. The molecule has 1 aliphatic heterocycles. The number of aromatic nitrogens is 3. The van der Waals surface area contributed by atoms with E-state index >= 15 is 0 Å². The number of imidazole rings is 1. The predicted molar refractivity (Wildman–Crippen MR) is 107 cm³/mol. The SMILES string of the molecule is Cn1c(=O)n(C)c2nc(NC(=O)CCC(=O)ON3C(=O)c4ccccc4C3=O)ccc21. The molecular weight excluding hydrogens is 406 g/mol. The molecule has 158 valence electrons. The molecule has 0 bridgehead atoms. The zero-order valence-electron chi connectivity index (χ0n) is 16.6. The zero-order valence-corrected chi connectivity index (χ0v) is 16.6. The smallest absolute Gasteiger partial charge is 0.330 e. The summed E-state index contributed by atoms with van der Waals surface area (Å²) in [5.74, 6) is -2.67. The molecule has 0 atom stereocenters. The van der Waals surface area contributed by atoms with E-state index in [0.717, 1.165) is 0 Å². The van der Waals surface area contributed by atoms with Gasteiger partial charge in [-0.05, 0) is 24.3 Å². The minimum atomic E-state index is -0.904. The second-order valence-electron chi connectivity index (χ2n) is 6.90. The summed E-state index contributed by atoms with van der Waals surface area (Å²) in [5.41, 5.74) is 1.05. The molecule has 3 aromatic rings. The average molecular weight is 423 g/mol. The standard InChI is InChI=1S/C20H17N5O6/c1-23-13-7-8-14(22-17(13)24(2)20(23)30)21-15(26)9-10-16(27)31-25-18(28)11-5-3-4-6-12(11)19(25)29/h3-8H,9-10H2,1-2H3,(H,21,22,26). The lowest BCUT2D eigenvalue weighted by atomic mass is 10.1. The topological polar surface area (TPSA) is 133 Å². The van der Waals surface area contributed by atoms with Crippen molar-refractivity contribution in [2.45, 2.75) is 12.8 Å². The van der Waals surface area contributed by atoms with Crippen LogP contribution in [0.1, 0.15) is 33.6 Å². The largest absolute Gasteiger partial charge is 0.333 e. The first-order valence-corrected chi connectivity index (χ1v) is 9.29. The number of hydroxylamine groups is 2. The summed E-state index contributed by atoms with van der Waals surface area (Å²) < 4.78 is 2.79. The monoisotopic (exact) mass is 423 g/mol. The molecule has 0 radical (unpaired) electrons. The molecule has 1 aliphatic rings. The molecule has 0 saturated carbocycles. The number of imide groups is 1. The van der Waals surface area contributed by atoms with Crippen molar-refractivity contribution in [2.75, 3.05) is 5.32 Å². The summed E-state index contributed by atoms with van der Waals surface area (Å²) in [7, 11) is 3.18. The van der Waals surface area contributed by atoms with Crippen LogP contribution in [0.5, 0.6) is 0 Å². The number of pyridine rings is 1. The number of fused-ring (bicyclic) bond motifs is 2. The maximum atomic E-state index is 12.2. The molecule has 31 heavy (non-hydrogen) atoms. The number of anilines is 1. The third kappa shape index (κ3) is 3.45. The van der Waals surface area contributed by atoms with Gasteiger partial charge in [-0.25, -0.2) is 14.6 Å². The predicted octanol–water partition coefficient (Wildman–Crippen LogP) is 0.745. The Bertz CT molecular complexity index is 1290. The van der Waals surface area contributed by atoms with E-state index in [4.69, 9.17) is 4.84 Å². The summed E-state index contributed by atoms with van der Waals surface area (Å²) in [6.45, 7) is 0. The Morgan fingerprint density at radius 3 is 2.23 bits per heavy atom. The highest BCUT2D eigenvalue weighted by Crippen LogP contribution is 2.23. The first-order valence-electron chi connectivity index (χ1n) is 9.29. The second-order valence-corrected chi connectivity index (χ2v) is 6.90. The Kier molecular flexibility index (Phi) is 4.85. The molecule has 2 aromatic heterocycles. The Morgan fingerprint density at radius 1 is 0.935 bits per heavy atom. The number of rotatable bonds is 5. The van der Waals surface area contributed by atoms with Gasteiger partial charge in [0.1, 0.15) is 5.82 Å². The maximum absolute atomic E-state index is 12.2. The fourth-order valence-corrected chi connectivity index (χ4v) is 3.26. The lowest BCUT2D eigenvalue weighted by molar-refractivity contribution is -0.168. The van der Waals surface area contributed by atoms with Crippen molar-refractivity contribution in [2.24, 2.45) is 14.1 Å². The summed E-state index contributed by atoms with van der Waals surface area (Å²) in [5, 5.41) is 2.94. The molecule has 4 rings (SSSR count). The summed E-state index contributed by atoms with van der Waals surface area (Å²) in [4.78, 5) is 69.7. The van der Waals surface area contributed by atoms with E-state index in [1.54, 1.807) is 32.3 Å². The van der Waals surface area contributed by atoms with Gasteiger partial charge in [-0.1, -0.05) is 17.2 Å². The molecule has 3 heterocycles. The number of carbonyl (C=O) groups excluding carboxylic acids is 4. The van der Waals surface area contributed by atoms with Crippen LogP contribution in [0.2, 0.25) is 0 Å². The number of nitrogens with zero attached hydrogens (tertiary/aromatic N) is 4. The fourth-order valence-electron chi connectivity index (χ4n) is 3.26. The lowest BCUT2D eigenvalue weighted by Crippen LogP contribution is -2.32. The van der Waals surface area contributed by atoms with E-state index in [1.807, 2.05) is 0 Å². The van der Waals surface area contributed by atoms with Crippen LogP contribution in [0.25, 0.3) is 11.2 Å². The van der Waals surface area contributed by atoms with Gasteiger partial charge in [-0.15, -0.1) is 0 Å². The van der Waals surface area contributed by atoms with E-state index in [2.05, 4.69) is 10.3 Å². The maximum Gasteiger partial charge on any atom is 0.333 e. The summed E-state index contributed by atoms with van der Waals surface area (Å²) in [6.07, 6.45) is -0.610. The molecular formula is C20H17N5O6. The molecule has 0 aliphatic carbocycles. The molecule has 1 N–H and O–H groups in total. The van der Waals surface area contributed by atoms with Crippen LogP contribution in [-0.4, -0.2) is 42.9 Å². The van der Waals surface area contributed by atoms with Crippen molar-refractivity contribution in [1.29, 1.82) is 0 Å². The number of benzene rings is 1. The van der Waals surface area contributed by atoms with Crippen molar-refractivity contribution in [3.63, 3.8) is 0 Å². The van der Waals surface area contributed by atoms with E-state index < -0.39 is 23.7 Å². The third-order valence-electron chi connectivity index (χ3n) is 4.88. The van der Waals surface area contributed by atoms with Gasteiger partial charge in [0.25, 0.3) is 11.8 Å². The Morgan fingerprint density at radius 2 is 1.58 bits per heavy atom. The van der Waals surface area contributed by atoms with Gasteiger partial charge < -0.3 is 10.2 Å². The van der Waals surface area contributed by atoms with Crippen molar-refractivity contribution in [3.05, 3.63) is 58.0 Å². The number of amides is 3. The van der Waals surface area contributed by atoms with Crippen LogP contribution in [0, 0.1) is 0 Å². The van der Waals surface area contributed by atoms with E-state index in [0.29, 0.717) is 16.2 Å². The van der Waals surface area contributed by atoms with E-state index in [1.165, 1.54) is 27.3 Å². The number of aryl methyl sites for hydroxylation is 2. The second kappa shape index (κ2) is 7.52. The van der Waals surface area contributed by atoms with E-state index in [-0.39, 0.29) is 35.5 Å². The van der Waals surface area contributed by atoms with Gasteiger partial charge in [0.15, 0.2) is 5.65 Å². The highest BCUT2D eigenvalue weighted by molar-refractivity contribution is 6.20. The molecule has 0 unspecified atom stereocenters. The first-order chi connectivity index (χ1) is 14.8. The minimum absolute atomic E-state index is 0.148. The van der Waals surface area contributed by atoms with E-state index in [9.17, 15) is 24.0 Å². The first kappa shape index (κ1) is 20.0. The van der Waals surface area contributed by atoms with Crippen LogP contribution in [0.3, 0.4) is 0 Å². The van der Waals surface area contributed by atoms with Gasteiger partial charge in [0.05, 0.1) is 23.1 Å². The van der Waals surface area contributed by atoms with Gasteiger partial charge in [-0.2, -0.15) is 0 Å². The highest BCUT2D eigenvalue weighted by atomic mass is 16.7. The quantitative estimate of drug-likeness (QED) is 0.599.